The van der Waals surface area contributed by atoms with Gasteiger partial charge in [-0.2, -0.15) is 5.10 Å². The largest absolute Gasteiger partial charge is 0.271 e. The Labute approximate surface area is 136 Å². The SMILES string of the molecule is O=C(NN=Cc1ccc2nccnc2c1)c1cccc([N+](=O)[O-])c1. The molecule has 1 amide bonds. The Hall–Kier alpha value is -3.68. The lowest BCUT2D eigenvalue weighted by Crippen LogP contribution is -2.17. The van der Waals surface area contributed by atoms with E-state index >= 15 is 0 Å². The zero-order chi connectivity index (χ0) is 16.9. The van der Waals surface area contributed by atoms with Crippen molar-refractivity contribution in [2.24, 2.45) is 5.10 Å². The predicted octanol–water partition coefficient (Wildman–Crippen LogP) is 2.30. The van der Waals surface area contributed by atoms with Gasteiger partial charge < -0.3 is 0 Å². The van der Waals surface area contributed by atoms with Gasteiger partial charge in [-0.25, -0.2) is 5.43 Å². The van der Waals surface area contributed by atoms with Gasteiger partial charge in [0.25, 0.3) is 11.6 Å². The van der Waals surface area contributed by atoms with Crippen molar-refractivity contribution < 1.29 is 9.72 Å². The standard InChI is InChI=1S/C16H11N5O3/c22-16(12-2-1-3-13(9-12)21(23)24)20-19-10-11-4-5-14-15(8-11)18-7-6-17-14/h1-10H,(H,20,22). The first kappa shape index (κ1) is 15.2. The van der Waals surface area contributed by atoms with E-state index in [0.29, 0.717) is 5.52 Å². The molecule has 3 rings (SSSR count). The minimum absolute atomic E-state index is 0.153. The van der Waals surface area contributed by atoms with Crippen molar-refractivity contribution in [1.29, 1.82) is 0 Å². The zero-order valence-electron chi connectivity index (χ0n) is 12.3. The maximum atomic E-state index is 12.0. The molecule has 1 N–H and O–H groups in total. The molecule has 1 heterocycles. The molecule has 0 unspecified atom stereocenters. The number of amides is 1. The molecule has 1 aromatic heterocycles. The lowest BCUT2D eigenvalue weighted by Gasteiger charge is -2.00. The Kier molecular flexibility index (Phi) is 4.19. The summed E-state index contributed by atoms with van der Waals surface area (Å²) in [5.41, 5.74) is 4.55. The summed E-state index contributed by atoms with van der Waals surface area (Å²) in [5.74, 6) is -0.532. The molecule has 0 saturated heterocycles. The Balaban J connectivity index is 1.71. The maximum absolute atomic E-state index is 12.0. The van der Waals surface area contributed by atoms with E-state index in [1.165, 1.54) is 30.5 Å². The normalized spacial score (nSPS) is 10.8. The minimum Gasteiger partial charge on any atom is -0.267 e. The molecule has 2 aromatic carbocycles. The van der Waals surface area contributed by atoms with Crippen molar-refractivity contribution in [1.82, 2.24) is 15.4 Å². The Bertz CT molecular complexity index is 955. The van der Waals surface area contributed by atoms with E-state index in [0.717, 1.165) is 11.1 Å². The average molecular weight is 321 g/mol. The molecule has 0 aliphatic rings. The van der Waals surface area contributed by atoms with Crippen LogP contribution in [-0.2, 0) is 0 Å². The molecule has 0 fully saturated rings. The molecule has 0 spiro atoms. The summed E-state index contributed by atoms with van der Waals surface area (Å²) in [7, 11) is 0. The van der Waals surface area contributed by atoms with Crippen molar-refractivity contribution in [2.75, 3.05) is 0 Å². The highest BCUT2D eigenvalue weighted by Crippen LogP contribution is 2.13. The number of carbonyl (C=O) groups excluding carboxylic acids is 1. The fourth-order valence-corrected chi connectivity index (χ4v) is 2.05. The molecule has 8 nitrogen and oxygen atoms in total. The van der Waals surface area contributed by atoms with Crippen LogP contribution in [0.1, 0.15) is 15.9 Å². The molecule has 0 radical (unpaired) electrons. The van der Waals surface area contributed by atoms with E-state index in [-0.39, 0.29) is 11.3 Å². The van der Waals surface area contributed by atoms with Crippen LogP contribution in [0.25, 0.3) is 11.0 Å². The molecule has 0 aliphatic carbocycles. The number of nitrogens with zero attached hydrogens (tertiary/aromatic N) is 4. The molecule has 24 heavy (non-hydrogen) atoms. The van der Waals surface area contributed by atoms with Gasteiger partial charge in [-0.05, 0) is 23.8 Å². The van der Waals surface area contributed by atoms with Gasteiger partial charge in [-0.3, -0.25) is 24.9 Å². The zero-order valence-corrected chi connectivity index (χ0v) is 12.3. The topological polar surface area (TPSA) is 110 Å². The summed E-state index contributed by atoms with van der Waals surface area (Å²) in [4.78, 5) is 30.5. The minimum atomic E-state index is -0.559. The van der Waals surface area contributed by atoms with Crippen LogP contribution in [0.3, 0.4) is 0 Å². The third-order valence-electron chi connectivity index (χ3n) is 3.19. The second kappa shape index (κ2) is 6.61. The van der Waals surface area contributed by atoms with Gasteiger partial charge in [0.05, 0.1) is 22.2 Å². The van der Waals surface area contributed by atoms with Crippen molar-refractivity contribution in [3.63, 3.8) is 0 Å². The number of non-ortho nitro benzene ring substituents is 1. The van der Waals surface area contributed by atoms with E-state index in [9.17, 15) is 14.9 Å². The van der Waals surface area contributed by atoms with Crippen LogP contribution in [0.4, 0.5) is 5.69 Å². The highest BCUT2D eigenvalue weighted by atomic mass is 16.6. The number of nitro groups is 1. The smallest absolute Gasteiger partial charge is 0.267 e. The number of fused-ring (bicyclic) bond motifs is 1. The van der Waals surface area contributed by atoms with Crippen LogP contribution in [0, 0.1) is 10.1 Å². The molecule has 8 heteroatoms. The molecule has 3 aromatic rings. The lowest BCUT2D eigenvalue weighted by molar-refractivity contribution is -0.384. The van der Waals surface area contributed by atoms with E-state index in [1.54, 1.807) is 30.6 Å². The van der Waals surface area contributed by atoms with Crippen LogP contribution in [0.2, 0.25) is 0 Å². The maximum Gasteiger partial charge on any atom is 0.271 e. The number of hydrazone groups is 1. The van der Waals surface area contributed by atoms with Crippen LogP contribution in [0.15, 0.2) is 60.0 Å². The summed E-state index contributed by atoms with van der Waals surface area (Å²) >= 11 is 0. The average Bonchev–Trinajstić information content (AvgIpc) is 2.61. The van der Waals surface area contributed by atoms with Gasteiger partial charge in [0, 0.05) is 30.1 Å². The molecule has 0 aliphatic heterocycles. The second-order valence-corrected chi connectivity index (χ2v) is 4.81. The molecule has 0 atom stereocenters. The Morgan fingerprint density at radius 1 is 1.12 bits per heavy atom. The van der Waals surface area contributed by atoms with Gasteiger partial charge in [0.2, 0.25) is 0 Å². The molecule has 0 bridgehead atoms. The van der Waals surface area contributed by atoms with E-state index in [1.807, 2.05) is 0 Å². The van der Waals surface area contributed by atoms with Crippen LogP contribution in [-0.4, -0.2) is 27.0 Å². The van der Waals surface area contributed by atoms with E-state index < -0.39 is 10.8 Å². The first-order valence-electron chi connectivity index (χ1n) is 6.92. The van der Waals surface area contributed by atoms with Gasteiger partial charge in [-0.15, -0.1) is 0 Å². The van der Waals surface area contributed by atoms with E-state index in [4.69, 9.17) is 0 Å². The number of hydrogen-bond acceptors (Lipinski definition) is 6. The summed E-state index contributed by atoms with van der Waals surface area (Å²) in [6, 6.07) is 10.8. The quantitative estimate of drug-likeness (QED) is 0.450. The number of nitrogens with one attached hydrogen (secondary N) is 1. The Morgan fingerprint density at radius 2 is 1.92 bits per heavy atom. The molecular weight excluding hydrogens is 310 g/mol. The van der Waals surface area contributed by atoms with Crippen molar-refractivity contribution in [3.05, 3.63) is 76.1 Å². The Morgan fingerprint density at radius 3 is 2.71 bits per heavy atom. The third-order valence-corrected chi connectivity index (χ3v) is 3.19. The highest BCUT2D eigenvalue weighted by Gasteiger charge is 2.10. The number of benzene rings is 2. The fourth-order valence-electron chi connectivity index (χ4n) is 2.05. The number of carbonyl (C=O) groups is 1. The van der Waals surface area contributed by atoms with Crippen LogP contribution in [0.5, 0.6) is 0 Å². The summed E-state index contributed by atoms with van der Waals surface area (Å²) in [6.45, 7) is 0. The highest BCUT2D eigenvalue weighted by molar-refractivity contribution is 5.95. The molecule has 0 saturated carbocycles. The first-order chi connectivity index (χ1) is 11.6. The number of aromatic nitrogens is 2. The van der Waals surface area contributed by atoms with Gasteiger partial charge >= 0.3 is 0 Å². The summed E-state index contributed by atoms with van der Waals surface area (Å²) < 4.78 is 0. The van der Waals surface area contributed by atoms with Gasteiger partial charge in [-0.1, -0.05) is 12.1 Å². The van der Waals surface area contributed by atoms with Crippen LogP contribution >= 0.6 is 0 Å². The molecule has 118 valence electrons. The van der Waals surface area contributed by atoms with Gasteiger partial charge in [0.15, 0.2) is 0 Å². The number of rotatable bonds is 4. The van der Waals surface area contributed by atoms with Crippen molar-refractivity contribution in [3.8, 4) is 0 Å². The van der Waals surface area contributed by atoms with Crippen molar-refractivity contribution in [2.45, 2.75) is 0 Å². The fraction of sp³-hybridized carbons (Fsp3) is 0. The number of nitro benzene ring substituents is 1. The van der Waals surface area contributed by atoms with Crippen LogP contribution < -0.4 is 5.43 Å². The van der Waals surface area contributed by atoms with E-state index in [2.05, 4.69) is 20.5 Å². The lowest BCUT2D eigenvalue weighted by atomic mass is 10.2. The molecular formula is C16H11N5O3. The predicted molar refractivity (Wildman–Crippen MR) is 87.7 cm³/mol. The second-order valence-electron chi connectivity index (χ2n) is 4.81. The monoisotopic (exact) mass is 321 g/mol. The first-order valence-corrected chi connectivity index (χ1v) is 6.92. The summed E-state index contributed by atoms with van der Waals surface area (Å²) in [5, 5.41) is 14.6. The number of hydrogen-bond donors (Lipinski definition) is 1. The summed E-state index contributed by atoms with van der Waals surface area (Å²) in [6.07, 6.45) is 4.66. The van der Waals surface area contributed by atoms with Crippen molar-refractivity contribution >= 4 is 28.8 Å². The third kappa shape index (κ3) is 3.38. The van der Waals surface area contributed by atoms with Gasteiger partial charge in [0.1, 0.15) is 0 Å².